The molecule has 1 aliphatic heterocycles. The first kappa shape index (κ1) is 19.4. The fraction of sp³-hybridized carbons (Fsp3) is 0.211. The lowest BCUT2D eigenvalue weighted by atomic mass is 10.0. The number of alkyl halides is 3. The number of amides is 3. The van der Waals surface area contributed by atoms with Crippen molar-refractivity contribution in [3.63, 3.8) is 0 Å². The lowest BCUT2D eigenvalue weighted by Gasteiger charge is -2.18. The molecule has 28 heavy (non-hydrogen) atoms. The smallest absolute Gasteiger partial charge is 0.378 e. The molecule has 3 amide bonds. The Morgan fingerprint density at radius 1 is 1.00 bits per heavy atom. The van der Waals surface area contributed by atoms with Gasteiger partial charge >= 0.3 is 6.18 Å². The van der Waals surface area contributed by atoms with Crippen LogP contribution in [0.3, 0.4) is 0 Å². The predicted octanol–water partition coefficient (Wildman–Crippen LogP) is 3.25. The van der Waals surface area contributed by atoms with Gasteiger partial charge in [-0.25, -0.2) is 0 Å². The van der Waals surface area contributed by atoms with E-state index in [1.165, 1.54) is 42.3 Å². The summed E-state index contributed by atoms with van der Waals surface area (Å²) in [7, 11) is 4.52. The number of rotatable bonds is 3. The second-order valence-electron chi connectivity index (χ2n) is 6.51. The van der Waals surface area contributed by atoms with E-state index in [2.05, 4.69) is 5.32 Å². The van der Waals surface area contributed by atoms with Gasteiger partial charge in [-0.2, -0.15) is 13.2 Å². The number of anilines is 2. The summed E-state index contributed by atoms with van der Waals surface area (Å²) in [6, 6.07) is 7.37. The zero-order valence-corrected chi connectivity index (χ0v) is 15.2. The van der Waals surface area contributed by atoms with E-state index in [1.807, 2.05) is 0 Å². The maximum absolute atomic E-state index is 13.4. The molecule has 1 aliphatic rings. The minimum Gasteiger partial charge on any atom is -0.378 e. The van der Waals surface area contributed by atoms with E-state index < -0.39 is 35.1 Å². The minimum atomic E-state index is -4.67. The number of hydrogen-bond acceptors (Lipinski definition) is 4. The van der Waals surface area contributed by atoms with Crippen molar-refractivity contribution in [3.05, 3.63) is 58.7 Å². The summed E-state index contributed by atoms with van der Waals surface area (Å²) in [6.07, 6.45) is -4.67. The minimum absolute atomic E-state index is 0.0278. The molecule has 0 unspecified atom stereocenters. The van der Waals surface area contributed by atoms with Gasteiger partial charge in [0.25, 0.3) is 17.7 Å². The predicted molar refractivity (Wildman–Crippen MR) is 96.6 cm³/mol. The zero-order chi connectivity index (χ0) is 20.8. The van der Waals surface area contributed by atoms with Crippen LogP contribution in [0.25, 0.3) is 0 Å². The van der Waals surface area contributed by atoms with E-state index in [0.29, 0.717) is 5.69 Å². The number of benzene rings is 2. The van der Waals surface area contributed by atoms with Crippen LogP contribution in [-0.2, 0) is 6.18 Å². The maximum atomic E-state index is 13.4. The van der Waals surface area contributed by atoms with Gasteiger partial charge in [0.1, 0.15) is 0 Å². The normalized spacial score (nSPS) is 13.6. The Hall–Kier alpha value is -3.36. The monoisotopic (exact) mass is 391 g/mol. The molecule has 0 atom stereocenters. The standard InChI is InChI=1S/C19H16F3N3O3/c1-24(2)11-5-7-15(14(9-11)19(20,21)22)23-16(26)10-4-6-12-13(8-10)18(28)25(3)17(12)27/h4-9H,1-3H3,(H,23,26). The third-order valence-electron chi connectivity index (χ3n) is 4.42. The Morgan fingerprint density at radius 3 is 2.25 bits per heavy atom. The van der Waals surface area contributed by atoms with Crippen molar-refractivity contribution in [1.82, 2.24) is 4.90 Å². The fourth-order valence-electron chi connectivity index (χ4n) is 2.85. The molecule has 1 N–H and O–H groups in total. The van der Waals surface area contributed by atoms with E-state index in [0.717, 1.165) is 11.0 Å². The topological polar surface area (TPSA) is 69.7 Å². The average molecular weight is 391 g/mol. The van der Waals surface area contributed by atoms with Gasteiger partial charge in [-0.3, -0.25) is 19.3 Å². The van der Waals surface area contributed by atoms with Crippen molar-refractivity contribution < 1.29 is 27.6 Å². The van der Waals surface area contributed by atoms with Crippen LogP contribution in [0.1, 0.15) is 36.6 Å². The summed E-state index contributed by atoms with van der Waals surface area (Å²) in [4.78, 5) is 38.9. The Balaban J connectivity index is 1.94. The number of carbonyl (C=O) groups is 3. The Bertz CT molecular complexity index is 1000. The first-order chi connectivity index (χ1) is 13.0. The van der Waals surface area contributed by atoms with Crippen LogP contribution in [0.4, 0.5) is 24.5 Å². The average Bonchev–Trinajstić information content (AvgIpc) is 2.85. The van der Waals surface area contributed by atoms with Gasteiger partial charge in [-0.15, -0.1) is 0 Å². The van der Waals surface area contributed by atoms with E-state index >= 15 is 0 Å². The second-order valence-corrected chi connectivity index (χ2v) is 6.51. The highest BCUT2D eigenvalue weighted by Gasteiger charge is 2.35. The Morgan fingerprint density at radius 2 is 1.64 bits per heavy atom. The lowest BCUT2D eigenvalue weighted by molar-refractivity contribution is -0.136. The highest BCUT2D eigenvalue weighted by Crippen LogP contribution is 2.37. The fourth-order valence-corrected chi connectivity index (χ4v) is 2.85. The molecule has 0 radical (unpaired) electrons. The van der Waals surface area contributed by atoms with Crippen molar-refractivity contribution in [2.24, 2.45) is 0 Å². The zero-order valence-electron chi connectivity index (χ0n) is 15.2. The van der Waals surface area contributed by atoms with Crippen LogP contribution in [0, 0.1) is 0 Å². The van der Waals surface area contributed by atoms with E-state index in [-0.39, 0.29) is 16.7 Å². The SMILES string of the molecule is CN1C(=O)c2ccc(C(=O)Nc3ccc(N(C)C)cc3C(F)(F)F)cc2C1=O. The van der Waals surface area contributed by atoms with Gasteiger partial charge in [0.2, 0.25) is 0 Å². The van der Waals surface area contributed by atoms with Gasteiger partial charge in [0, 0.05) is 32.4 Å². The van der Waals surface area contributed by atoms with Gasteiger partial charge in [0.15, 0.2) is 0 Å². The second kappa shape index (κ2) is 6.66. The lowest BCUT2D eigenvalue weighted by Crippen LogP contribution is -2.24. The largest absolute Gasteiger partial charge is 0.418 e. The van der Waals surface area contributed by atoms with E-state index in [1.54, 1.807) is 14.1 Å². The van der Waals surface area contributed by atoms with Crippen LogP contribution >= 0.6 is 0 Å². The van der Waals surface area contributed by atoms with Crippen molar-refractivity contribution in [3.8, 4) is 0 Å². The third kappa shape index (κ3) is 3.30. The molecule has 146 valence electrons. The Labute approximate surface area is 158 Å². The van der Waals surface area contributed by atoms with Crippen LogP contribution in [-0.4, -0.2) is 43.8 Å². The molecule has 2 aromatic rings. The molecule has 0 aromatic heterocycles. The first-order valence-electron chi connectivity index (χ1n) is 8.17. The molecule has 0 aliphatic carbocycles. The molecular formula is C19H16F3N3O3. The van der Waals surface area contributed by atoms with Crippen molar-refractivity contribution in [2.75, 3.05) is 31.4 Å². The van der Waals surface area contributed by atoms with Crippen LogP contribution in [0.5, 0.6) is 0 Å². The van der Waals surface area contributed by atoms with Crippen LogP contribution in [0.15, 0.2) is 36.4 Å². The molecule has 0 saturated heterocycles. The summed E-state index contributed by atoms with van der Waals surface area (Å²) < 4.78 is 40.2. The number of fused-ring (bicyclic) bond motifs is 1. The maximum Gasteiger partial charge on any atom is 0.418 e. The third-order valence-corrected chi connectivity index (χ3v) is 4.42. The molecule has 3 rings (SSSR count). The highest BCUT2D eigenvalue weighted by atomic mass is 19.4. The summed E-state index contributed by atoms with van der Waals surface area (Å²) in [5.74, 6) is -1.88. The molecular weight excluding hydrogens is 375 g/mol. The number of imide groups is 1. The summed E-state index contributed by atoms with van der Waals surface area (Å²) in [5.41, 5.74) is -0.896. The molecule has 0 bridgehead atoms. The highest BCUT2D eigenvalue weighted by molar-refractivity contribution is 6.22. The molecule has 2 aromatic carbocycles. The molecule has 6 nitrogen and oxygen atoms in total. The van der Waals surface area contributed by atoms with E-state index in [9.17, 15) is 27.6 Å². The van der Waals surface area contributed by atoms with Gasteiger partial charge < -0.3 is 10.2 Å². The number of nitrogens with zero attached hydrogens (tertiary/aromatic N) is 2. The van der Waals surface area contributed by atoms with Crippen LogP contribution < -0.4 is 10.2 Å². The number of carbonyl (C=O) groups excluding carboxylic acids is 3. The number of nitrogens with one attached hydrogen (secondary N) is 1. The quantitative estimate of drug-likeness (QED) is 0.816. The molecule has 1 heterocycles. The van der Waals surface area contributed by atoms with Gasteiger partial charge in [-0.1, -0.05) is 0 Å². The van der Waals surface area contributed by atoms with Gasteiger partial charge in [-0.05, 0) is 36.4 Å². The van der Waals surface area contributed by atoms with E-state index in [4.69, 9.17) is 0 Å². The van der Waals surface area contributed by atoms with Crippen molar-refractivity contribution in [1.29, 1.82) is 0 Å². The van der Waals surface area contributed by atoms with Gasteiger partial charge in [0.05, 0.1) is 22.4 Å². The number of halogens is 3. The molecule has 9 heteroatoms. The van der Waals surface area contributed by atoms with Crippen LogP contribution in [0.2, 0.25) is 0 Å². The number of hydrogen-bond donors (Lipinski definition) is 1. The summed E-state index contributed by atoms with van der Waals surface area (Å²) >= 11 is 0. The molecule has 0 fully saturated rings. The Kier molecular flexibility index (Phi) is 4.62. The summed E-state index contributed by atoms with van der Waals surface area (Å²) in [6.45, 7) is 0. The van der Waals surface area contributed by atoms with Crippen molar-refractivity contribution >= 4 is 29.1 Å². The summed E-state index contributed by atoms with van der Waals surface area (Å²) in [5, 5.41) is 2.24. The molecule has 0 saturated carbocycles. The molecule has 0 spiro atoms. The van der Waals surface area contributed by atoms with Crippen molar-refractivity contribution in [2.45, 2.75) is 6.18 Å². The first-order valence-corrected chi connectivity index (χ1v) is 8.17.